The van der Waals surface area contributed by atoms with Crippen molar-refractivity contribution in [2.24, 2.45) is 5.41 Å². The monoisotopic (exact) mass is 238 g/mol. The molecule has 0 aliphatic rings. The van der Waals surface area contributed by atoms with Crippen LogP contribution in [-0.4, -0.2) is 25.2 Å². The van der Waals surface area contributed by atoms with E-state index in [1.807, 2.05) is 0 Å². The molecule has 0 N–H and O–H groups in total. The molecule has 0 atom stereocenters. The molecule has 0 fully saturated rings. The second-order valence-corrected chi connectivity index (χ2v) is 3.29. The Morgan fingerprint density at radius 2 is 1.71 bits per heavy atom. The molecule has 17 heavy (non-hydrogen) atoms. The van der Waals surface area contributed by atoms with Crippen LogP contribution in [0.3, 0.4) is 0 Å². The van der Waals surface area contributed by atoms with Crippen molar-refractivity contribution in [1.29, 1.82) is 0 Å². The average molecular weight is 238 g/mol. The first-order valence-electron chi connectivity index (χ1n) is 5.50. The Kier molecular flexibility index (Phi) is 6.73. The minimum absolute atomic E-state index is 0.0744. The summed E-state index contributed by atoms with van der Waals surface area (Å²) in [6.07, 6.45) is 8.16. The Bertz CT molecular complexity index is 318. The Labute approximate surface area is 102 Å². The predicted octanol–water partition coefficient (Wildman–Crippen LogP) is 1.70. The maximum Gasteiger partial charge on any atom is 0.328 e. The van der Waals surface area contributed by atoms with E-state index in [9.17, 15) is 9.59 Å². The van der Waals surface area contributed by atoms with Crippen LogP contribution in [0.25, 0.3) is 0 Å². The lowest BCUT2D eigenvalue weighted by Gasteiger charge is -2.23. The van der Waals surface area contributed by atoms with Gasteiger partial charge in [-0.15, -0.1) is 12.3 Å². The summed E-state index contributed by atoms with van der Waals surface area (Å²) in [7, 11) is 0. The van der Waals surface area contributed by atoms with Crippen LogP contribution < -0.4 is 0 Å². The van der Waals surface area contributed by atoms with Crippen molar-refractivity contribution in [3.63, 3.8) is 0 Å². The Morgan fingerprint density at radius 3 is 2.00 bits per heavy atom. The molecule has 94 valence electrons. The summed E-state index contributed by atoms with van der Waals surface area (Å²) >= 11 is 0. The number of ether oxygens (including phenoxy) is 2. The van der Waals surface area contributed by atoms with E-state index in [1.54, 1.807) is 26.8 Å². The smallest absolute Gasteiger partial charge is 0.328 e. The van der Waals surface area contributed by atoms with Gasteiger partial charge in [0.05, 0.1) is 13.2 Å². The Balaban J connectivity index is 5.34. The van der Waals surface area contributed by atoms with Gasteiger partial charge in [0.1, 0.15) is 0 Å². The van der Waals surface area contributed by atoms with Crippen LogP contribution in [0.4, 0.5) is 0 Å². The fourth-order valence-electron chi connectivity index (χ4n) is 1.39. The van der Waals surface area contributed by atoms with E-state index in [1.165, 1.54) is 6.08 Å². The molecule has 0 heterocycles. The fourth-order valence-corrected chi connectivity index (χ4v) is 1.39. The van der Waals surface area contributed by atoms with Gasteiger partial charge in [0.25, 0.3) is 0 Å². The molecule has 0 aliphatic heterocycles. The molecule has 0 saturated heterocycles. The third kappa shape index (κ3) is 3.63. The number of rotatable bonds is 6. The summed E-state index contributed by atoms with van der Waals surface area (Å²) in [6.45, 7) is 5.40. The SMILES string of the molecule is C#CCC(C=CC)(C(=O)OCC)C(=O)OCC. The molecule has 0 aromatic rings. The molecule has 0 aliphatic carbocycles. The number of carbonyl (C=O) groups is 2. The van der Waals surface area contributed by atoms with Crippen LogP contribution in [0.1, 0.15) is 27.2 Å². The summed E-state index contributed by atoms with van der Waals surface area (Å²) in [5.41, 5.74) is -1.52. The van der Waals surface area contributed by atoms with Gasteiger partial charge in [-0.05, 0) is 20.8 Å². The van der Waals surface area contributed by atoms with E-state index < -0.39 is 17.4 Å². The fraction of sp³-hybridized carbons (Fsp3) is 0.538. The van der Waals surface area contributed by atoms with Gasteiger partial charge in [-0.25, -0.2) is 0 Å². The lowest BCUT2D eigenvalue weighted by atomic mass is 9.84. The molecule has 0 rings (SSSR count). The van der Waals surface area contributed by atoms with E-state index in [4.69, 9.17) is 15.9 Å². The summed E-state index contributed by atoms with van der Waals surface area (Å²) in [6, 6.07) is 0. The van der Waals surface area contributed by atoms with E-state index in [-0.39, 0.29) is 19.6 Å². The third-order valence-electron chi connectivity index (χ3n) is 2.11. The van der Waals surface area contributed by atoms with Gasteiger partial charge in [-0.3, -0.25) is 9.59 Å². The molecular formula is C13H18O4. The lowest BCUT2D eigenvalue weighted by molar-refractivity contribution is -0.167. The summed E-state index contributed by atoms with van der Waals surface area (Å²) in [5, 5.41) is 0. The highest BCUT2D eigenvalue weighted by atomic mass is 16.6. The highest BCUT2D eigenvalue weighted by Crippen LogP contribution is 2.28. The van der Waals surface area contributed by atoms with Gasteiger partial charge in [-0.2, -0.15) is 0 Å². The third-order valence-corrected chi connectivity index (χ3v) is 2.11. The average Bonchev–Trinajstić information content (AvgIpc) is 2.29. The van der Waals surface area contributed by atoms with Gasteiger partial charge >= 0.3 is 11.9 Å². The van der Waals surface area contributed by atoms with Crippen LogP contribution in [-0.2, 0) is 19.1 Å². The molecule has 0 aromatic carbocycles. The zero-order valence-electron chi connectivity index (χ0n) is 10.5. The van der Waals surface area contributed by atoms with Crippen molar-refractivity contribution in [3.8, 4) is 12.3 Å². The van der Waals surface area contributed by atoms with E-state index in [2.05, 4.69) is 5.92 Å². The number of terminal acetylenes is 1. The molecular weight excluding hydrogens is 220 g/mol. The Hall–Kier alpha value is -1.76. The molecule has 0 unspecified atom stereocenters. The topological polar surface area (TPSA) is 52.6 Å². The number of esters is 2. The molecule has 0 spiro atoms. The van der Waals surface area contributed by atoms with Crippen LogP contribution in [0.2, 0.25) is 0 Å². The van der Waals surface area contributed by atoms with Crippen molar-refractivity contribution < 1.29 is 19.1 Å². The largest absolute Gasteiger partial charge is 0.465 e. The second-order valence-electron chi connectivity index (χ2n) is 3.29. The standard InChI is InChI=1S/C13H18O4/c1-5-9-13(10-6-2,11(14)16-7-3)12(15)17-8-4/h1,6,10H,7-9H2,2-4H3. The molecule has 4 heteroatoms. The minimum atomic E-state index is -1.52. The zero-order chi connectivity index (χ0) is 13.3. The summed E-state index contributed by atoms with van der Waals surface area (Å²) in [5.74, 6) is 0.976. The van der Waals surface area contributed by atoms with Gasteiger partial charge < -0.3 is 9.47 Å². The van der Waals surface area contributed by atoms with Crippen molar-refractivity contribution in [1.82, 2.24) is 0 Å². The number of hydrogen-bond acceptors (Lipinski definition) is 4. The van der Waals surface area contributed by atoms with Crippen molar-refractivity contribution >= 4 is 11.9 Å². The van der Waals surface area contributed by atoms with Gasteiger partial charge in [0.15, 0.2) is 5.41 Å². The summed E-state index contributed by atoms with van der Waals surface area (Å²) < 4.78 is 9.79. The van der Waals surface area contributed by atoms with Crippen LogP contribution in [0.15, 0.2) is 12.2 Å². The highest BCUT2D eigenvalue weighted by Gasteiger charge is 2.46. The maximum atomic E-state index is 11.9. The van der Waals surface area contributed by atoms with E-state index in [0.717, 1.165) is 0 Å². The first-order chi connectivity index (χ1) is 8.08. The van der Waals surface area contributed by atoms with Crippen LogP contribution in [0.5, 0.6) is 0 Å². The zero-order valence-corrected chi connectivity index (χ0v) is 10.5. The first kappa shape index (κ1) is 15.2. The van der Waals surface area contributed by atoms with Crippen LogP contribution in [0, 0.1) is 17.8 Å². The van der Waals surface area contributed by atoms with E-state index >= 15 is 0 Å². The molecule has 0 amide bonds. The number of hydrogen-bond donors (Lipinski definition) is 0. The van der Waals surface area contributed by atoms with Crippen LogP contribution >= 0.6 is 0 Å². The maximum absolute atomic E-state index is 11.9. The van der Waals surface area contributed by atoms with Crippen molar-refractivity contribution in [2.75, 3.05) is 13.2 Å². The quantitative estimate of drug-likeness (QED) is 0.306. The number of allylic oxidation sites excluding steroid dienone is 1. The van der Waals surface area contributed by atoms with E-state index in [0.29, 0.717) is 0 Å². The molecule has 0 radical (unpaired) electrons. The van der Waals surface area contributed by atoms with Gasteiger partial charge in [-0.1, -0.05) is 12.2 Å². The van der Waals surface area contributed by atoms with Crippen molar-refractivity contribution in [3.05, 3.63) is 12.2 Å². The number of carbonyl (C=O) groups excluding carboxylic acids is 2. The van der Waals surface area contributed by atoms with Gasteiger partial charge in [0, 0.05) is 6.42 Å². The summed E-state index contributed by atoms with van der Waals surface area (Å²) in [4.78, 5) is 23.8. The lowest BCUT2D eigenvalue weighted by Crippen LogP contribution is -2.40. The predicted molar refractivity (Wildman–Crippen MR) is 64.0 cm³/mol. The molecule has 0 saturated carbocycles. The van der Waals surface area contributed by atoms with Gasteiger partial charge in [0.2, 0.25) is 0 Å². The molecule has 4 nitrogen and oxygen atoms in total. The second kappa shape index (κ2) is 7.50. The van der Waals surface area contributed by atoms with Crippen molar-refractivity contribution in [2.45, 2.75) is 27.2 Å². The minimum Gasteiger partial charge on any atom is -0.465 e. The highest BCUT2D eigenvalue weighted by molar-refractivity contribution is 6.02. The Morgan fingerprint density at radius 1 is 1.24 bits per heavy atom. The molecule has 0 aromatic heterocycles. The molecule has 0 bridgehead atoms. The normalized spacial score (nSPS) is 10.9. The first-order valence-corrected chi connectivity index (χ1v) is 5.50.